The lowest BCUT2D eigenvalue weighted by molar-refractivity contribution is -0.139. The molecule has 0 aromatic heterocycles. The fourth-order valence-corrected chi connectivity index (χ4v) is 1.38. The quantitative estimate of drug-likeness (QED) is 0.708. The molecule has 5 heteroatoms. The van der Waals surface area contributed by atoms with Crippen molar-refractivity contribution in [2.75, 3.05) is 13.1 Å². The molecule has 0 aromatic carbocycles. The molecule has 0 spiro atoms. The Bertz CT molecular complexity index is 282. The molecule has 0 aliphatic carbocycles. The second kappa shape index (κ2) is 5.10. The minimum absolute atomic E-state index is 0.148. The SMILES string of the molecule is CCN(CC(C)(C)O)C(=O)C(C)(C)C(N)=S. The van der Waals surface area contributed by atoms with Crippen LogP contribution < -0.4 is 5.73 Å². The summed E-state index contributed by atoms with van der Waals surface area (Å²) in [5.74, 6) is -0.148. The molecule has 16 heavy (non-hydrogen) atoms. The highest BCUT2D eigenvalue weighted by atomic mass is 32.1. The van der Waals surface area contributed by atoms with Crippen LogP contribution in [0.3, 0.4) is 0 Å². The zero-order valence-corrected chi connectivity index (χ0v) is 11.5. The normalized spacial score (nSPS) is 12.4. The van der Waals surface area contributed by atoms with Crippen molar-refractivity contribution in [1.29, 1.82) is 0 Å². The molecule has 0 heterocycles. The van der Waals surface area contributed by atoms with Crippen LogP contribution >= 0.6 is 12.2 Å². The summed E-state index contributed by atoms with van der Waals surface area (Å²) in [6.45, 7) is 9.38. The van der Waals surface area contributed by atoms with Crippen molar-refractivity contribution in [2.45, 2.75) is 40.2 Å². The van der Waals surface area contributed by atoms with Gasteiger partial charge in [-0.25, -0.2) is 0 Å². The van der Waals surface area contributed by atoms with Crippen molar-refractivity contribution >= 4 is 23.1 Å². The first kappa shape index (κ1) is 15.3. The molecule has 3 N–H and O–H groups in total. The predicted molar refractivity (Wildman–Crippen MR) is 69.1 cm³/mol. The van der Waals surface area contributed by atoms with Gasteiger partial charge in [-0.1, -0.05) is 12.2 Å². The number of likely N-dealkylation sites (N-methyl/N-ethyl adjacent to an activating group) is 1. The Hall–Kier alpha value is -0.680. The molecule has 0 bridgehead atoms. The highest BCUT2D eigenvalue weighted by Gasteiger charge is 2.35. The van der Waals surface area contributed by atoms with Crippen molar-refractivity contribution in [3.05, 3.63) is 0 Å². The molecule has 0 rings (SSSR count). The first-order valence-corrected chi connectivity index (χ1v) is 5.75. The van der Waals surface area contributed by atoms with Crippen LogP contribution in [-0.2, 0) is 4.79 Å². The van der Waals surface area contributed by atoms with Crippen LogP contribution in [0.25, 0.3) is 0 Å². The number of aliphatic hydroxyl groups is 1. The first-order valence-electron chi connectivity index (χ1n) is 5.34. The van der Waals surface area contributed by atoms with Crippen molar-refractivity contribution in [3.63, 3.8) is 0 Å². The van der Waals surface area contributed by atoms with E-state index in [1.54, 1.807) is 32.6 Å². The van der Waals surface area contributed by atoms with Gasteiger partial charge in [0.1, 0.15) is 0 Å². The minimum atomic E-state index is -0.919. The second-order valence-electron chi connectivity index (χ2n) is 5.12. The fourth-order valence-electron chi connectivity index (χ4n) is 1.29. The van der Waals surface area contributed by atoms with Crippen LogP contribution in [0.4, 0.5) is 0 Å². The molecular formula is C11H22N2O2S. The van der Waals surface area contributed by atoms with Crippen LogP contribution in [0.1, 0.15) is 34.6 Å². The van der Waals surface area contributed by atoms with Crippen LogP contribution in [0.2, 0.25) is 0 Å². The predicted octanol–water partition coefficient (Wildman–Crippen LogP) is 0.918. The maximum atomic E-state index is 12.2. The first-order chi connectivity index (χ1) is 7.02. The van der Waals surface area contributed by atoms with Gasteiger partial charge in [-0.2, -0.15) is 0 Å². The number of hydrogen-bond acceptors (Lipinski definition) is 3. The average molecular weight is 246 g/mol. The van der Waals surface area contributed by atoms with Gasteiger partial charge in [-0.15, -0.1) is 0 Å². The van der Waals surface area contributed by atoms with E-state index < -0.39 is 11.0 Å². The molecule has 1 amide bonds. The number of amides is 1. The number of hydrogen-bond donors (Lipinski definition) is 2. The minimum Gasteiger partial charge on any atom is -0.392 e. The fraction of sp³-hybridized carbons (Fsp3) is 0.818. The van der Waals surface area contributed by atoms with Gasteiger partial charge in [0.25, 0.3) is 0 Å². The van der Waals surface area contributed by atoms with Gasteiger partial charge in [0.05, 0.1) is 16.0 Å². The van der Waals surface area contributed by atoms with Crippen molar-refractivity contribution in [2.24, 2.45) is 11.1 Å². The largest absolute Gasteiger partial charge is 0.392 e. The van der Waals surface area contributed by atoms with Crippen LogP contribution in [0, 0.1) is 5.41 Å². The summed E-state index contributed by atoms with van der Waals surface area (Å²) in [4.78, 5) is 13.9. The maximum absolute atomic E-state index is 12.2. The van der Waals surface area contributed by atoms with Gasteiger partial charge in [-0.05, 0) is 34.6 Å². The molecule has 0 fully saturated rings. The molecule has 94 valence electrons. The van der Waals surface area contributed by atoms with Crippen molar-refractivity contribution in [1.82, 2.24) is 4.90 Å². The van der Waals surface area contributed by atoms with Crippen molar-refractivity contribution < 1.29 is 9.90 Å². The summed E-state index contributed by atoms with van der Waals surface area (Å²) in [6.07, 6.45) is 0. The zero-order valence-electron chi connectivity index (χ0n) is 10.7. The zero-order chi connectivity index (χ0) is 13.1. The lowest BCUT2D eigenvalue weighted by Gasteiger charge is -2.34. The Morgan fingerprint density at radius 2 is 1.81 bits per heavy atom. The summed E-state index contributed by atoms with van der Waals surface area (Å²) in [5, 5.41) is 9.71. The van der Waals surface area contributed by atoms with Crippen LogP contribution in [-0.4, -0.2) is 39.6 Å². The van der Waals surface area contributed by atoms with E-state index in [1.807, 2.05) is 6.92 Å². The number of nitrogens with two attached hydrogens (primary N) is 1. The van der Waals surface area contributed by atoms with Gasteiger partial charge in [-0.3, -0.25) is 4.79 Å². The number of nitrogens with zero attached hydrogens (tertiary/aromatic N) is 1. The van der Waals surface area contributed by atoms with E-state index in [-0.39, 0.29) is 17.4 Å². The van der Waals surface area contributed by atoms with Crippen LogP contribution in [0.15, 0.2) is 0 Å². The molecule has 4 nitrogen and oxygen atoms in total. The maximum Gasteiger partial charge on any atom is 0.235 e. The van der Waals surface area contributed by atoms with Gasteiger partial charge >= 0.3 is 0 Å². The summed E-state index contributed by atoms with van der Waals surface area (Å²) < 4.78 is 0. The number of carbonyl (C=O) groups excluding carboxylic acids is 1. The third-order valence-corrected chi connectivity index (χ3v) is 2.91. The van der Waals surface area contributed by atoms with E-state index in [9.17, 15) is 9.90 Å². The van der Waals surface area contributed by atoms with E-state index >= 15 is 0 Å². The Balaban J connectivity index is 4.86. The van der Waals surface area contributed by atoms with E-state index in [0.717, 1.165) is 0 Å². The Kier molecular flexibility index (Phi) is 4.88. The van der Waals surface area contributed by atoms with Gasteiger partial charge in [0.15, 0.2) is 0 Å². The molecule has 0 saturated heterocycles. The highest BCUT2D eigenvalue weighted by molar-refractivity contribution is 7.80. The third-order valence-electron chi connectivity index (χ3n) is 2.40. The summed E-state index contributed by atoms with van der Waals surface area (Å²) >= 11 is 4.88. The Morgan fingerprint density at radius 1 is 1.38 bits per heavy atom. The number of carbonyl (C=O) groups is 1. The second-order valence-corrected chi connectivity index (χ2v) is 5.56. The standard InChI is InChI=1S/C11H22N2O2S/c1-6-13(7-10(2,3)15)9(14)11(4,5)8(12)16/h15H,6-7H2,1-5H3,(H2,12,16). The Labute approximate surface area is 103 Å². The van der Waals surface area contributed by atoms with E-state index in [1.165, 1.54) is 0 Å². The highest BCUT2D eigenvalue weighted by Crippen LogP contribution is 2.20. The molecule has 0 atom stereocenters. The summed E-state index contributed by atoms with van der Waals surface area (Å²) in [7, 11) is 0. The monoisotopic (exact) mass is 246 g/mol. The molecule has 0 aliphatic rings. The number of thiocarbonyl (C=S) groups is 1. The molecule has 0 aromatic rings. The van der Waals surface area contributed by atoms with E-state index in [4.69, 9.17) is 18.0 Å². The van der Waals surface area contributed by atoms with Crippen LogP contribution in [0.5, 0.6) is 0 Å². The molecular weight excluding hydrogens is 224 g/mol. The third kappa shape index (κ3) is 4.06. The topological polar surface area (TPSA) is 66.6 Å². The van der Waals surface area contributed by atoms with E-state index in [0.29, 0.717) is 6.54 Å². The molecule has 0 aliphatic heterocycles. The summed E-state index contributed by atoms with van der Waals surface area (Å²) in [5.41, 5.74) is 3.77. The Morgan fingerprint density at radius 3 is 2.06 bits per heavy atom. The molecule has 0 radical (unpaired) electrons. The van der Waals surface area contributed by atoms with Gasteiger partial charge < -0.3 is 15.7 Å². The van der Waals surface area contributed by atoms with Crippen molar-refractivity contribution in [3.8, 4) is 0 Å². The lowest BCUT2D eigenvalue weighted by Crippen LogP contribution is -2.51. The number of rotatable bonds is 5. The lowest BCUT2D eigenvalue weighted by atomic mass is 9.91. The average Bonchev–Trinajstić information content (AvgIpc) is 2.11. The molecule has 0 unspecified atom stereocenters. The smallest absolute Gasteiger partial charge is 0.235 e. The van der Waals surface area contributed by atoms with E-state index in [2.05, 4.69) is 0 Å². The molecule has 0 saturated carbocycles. The van der Waals surface area contributed by atoms with Gasteiger partial charge in [0, 0.05) is 13.1 Å². The van der Waals surface area contributed by atoms with Gasteiger partial charge in [0.2, 0.25) is 5.91 Å². The summed E-state index contributed by atoms with van der Waals surface area (Å²) in [6, 6.07) is 0.